The molecule has 1 aliphatic rings. The van der Waals surface area contributed by atoms with Crippen molar-refractivity contribution in [2.75, 3.05) is 13.1 Å². The fraction of sp³-hybridized carbons (Fsp3) is 0.560. The van der Waals surface area contributed by atoms with Gasteiger partial charge in [0, 0.05) is 19.4 Å². The zero-order valence-corrected chi connectivity index (χ0v) is 21.2. The first-order chi connectivity index (χ1) is 18.0. The van der Waals surface area contributed by atoms with Crippen LogP contribution in [0.2, 0.25) is 0 Å². The number of hydrogen-bond acceptors (Lipinski definition) is 8. The lowest BCUT2D eigenvalue weighted by atomic mass is 10.0. The van der Waals surface area contributed by atoms with E-state index in [1.807, 2.05) is 0 Å². The van der Waals surface area contributed by atoms with Gasteiger partial charge in [-0.15, -0.1) is 0 Å². The lowest BCUT2D eigenvalue weighted by Gasteiger charge is -2.28. The number of phenolic OH excluding ortho intramolecular Hbond substituents is 1. The van der Waals surface area contributed by atoms with E-state index in [4.69, 9.17) is 16.6 Å². The standard InChI is InChI=1S/C25H37N5O8/c26-12-2-1-4-18(25(37)38)28-22(34)19(14-15-6-8-16(31)9-7-15)29-23(35)20-5-3-13-30(20)24(36)17(27)10-11-21(32)33/h6-9,17-20,31H,1-5,10-14,26-27H2,(H,28,34)(H,29,35)(H,32,33)(H,37,38). The van der Waals surface area contributed by atoms with Crippen LogP contribution in [0.1, 0.15) is 50.5 Å². The number of carboxylic acid groups (broad SMARTS) is 2. The number of aliphatic carboxylic acids is 2. The van der Waals surface area contributed by atoms with Gasteiger partial charge in [0.05, 0.1) is 6.04 Å². The topological polar surface area (TPSA) is 225 Å². The minimum absolute atomic E-state index is 0.00574. The van der Waals surface area contributed by atoms with E-state index in [-0.39, 0.29) is 38.0 Å². The quantitative estimate of drug-likeness (QED) is 0.140. The first kappa shape index (κ1) is 30.5. The predicted molar refractivity (Wildman–Crippen MR) is 136 cm³/mol. The molecular formula is C25H37N5O8. The average molecular weight is 536 g/mol. The van der Waals surface area contributed by atoms with Crippen LogP contribution < -0.4 is 22.1 Å². The van der Waals surface area contributed by atoms with Gasteiger partial charge in [0.15, 0.2) is 0 Å². The van der Waals surface area contributed by atoms with Gasteiger partial charge in [0.2, 0.25) is 17.7 Å². The Hall–Kier alpha value is -3.71. The third-order valence-corrected chi connectivity index (χ3v) is 6.40. The van der Waals surface area contributed by atoms with Crippen LogP contribution in [0.25, 0.3) is 0 Å². The van der Waals surface area contributed by atoms with Crippen molar-refractivity contribution in [3.05, 3.63) is 29.8 Å². The number of carbonyl (C=O) groups is 5. The highest BCUT2D eigenvalue weighted by Crippen LogP contribution is 2.20. The predicted octanol–water partition coefficient (Wildman–Crippen LogP) is -0.699. The third-order valence-electron chi connectivity index (χ3n) is 6.40. The first-order valence-corrected chi connectivity index (χ1v) is 12.6. The van der Waals surface area contributed by atoms with E-state index in [0.29, 0.717) is 37.8 Å². The number of hydrogen-bond donors (Lipinski definition) is 7. The minimum Gasteiger partial charge on any atom is -0.508 e. The Morgan fingerprint density at radius 2 is 1.68 bits per heavy atom. The number of phenols is 1. The molecule has 0 aromatic heterocycles. The van der Waals surface area contributed by atoms with Crippen LogP contribution in [0.5, 0.6) is 5.75 Å². The number of likely N-dealkylation sites (tertiary alicyclic amines) is 1. The smallest absolute Gasteiger partial charge is 0.326 e. The van der Waals surface area contributed by atoms with Gasteiger partial charge < -0.3 is 42.3 Å². The number of carboxylic acids is 2. The number of carbonyl (C=O) groups excluding carboxylic acids is 3. The number of rotatable bonds is 15. The summed E-state index contributed by atoms with van der Waals surface area (Å²) in [5.41, 5.74) is 11.9. The molecule has 2 rings (SSSR count). The summed E-state index contributed by atoms with van der Waals surface area (Å²) in [6.45, 7) is 0.644. The van der Waals surface area contributed by atoms with E-state index in [1.165, 1.54) is 17.0 Å². The molecule has 1 aromatic rings. The van der Waals surface area contributed by atoms with Gasteiger partial charge >= 0.3 is 11.9 Å². The van der Waals surface area contributed by atoms with Crippen LogP contribution in [0.15, 0.2) is 24.3 Å². The summed E-state index contributed by atoms with van der Waals surface area (Å²) >= 11 is 0. The summed E-state index contributed by atoms with van der Waals surface area (Å²) in [6.07, 6.45) is 1.73. The average Bonchev–Trinajstić information content (AvgIpc) is 3.37. The molecule has 38 heavy (non-hydrogen) atoms. The van der Waals surface area contributed by atoms with Crippen molar-refractivity contribution in [1.29, 1.82) is 0 Å². The number of nitrogens with two attached hydrogens (primary N) is 2. The third kappa shape index (κ3) is 9.30. The maximum atomic E-state index is 13.2. The number of aromatic hydroxyl groups is 1. The molecule has 0 spiro atoms. The Balaban J connectivity index is 2.17. The molecule has 4 unspecified atom stereocenters. The fourth-order valence-electron chi connectivity index (χ4n) is 4.29. The largest absolute Gasteiger partial charge is 0.508 e. The summed E-state index contributed by atoms with van der Waals surface area (Å²) in [4.78, 5) is 63.1. The van der Waals surface area contributed by atoms with Gasteiger partial charge in [-0.05, 0) is 62.8 Å². The number of nitrogens with one attached hydrogen (secondary N) is 2. The van der Waals surface area contributed by atoms with Crippen LogP contribution in [0.3, 0.4) is 0 Å². The van der Waals surface area contributed by atoms with E-state index in [2.05, 4.69) is 10.6 Å². The molecule has 1 heterocycles. The molecule has 1 aromatic carbocycles. The zero-order valence-electron chi connectivity index (χ0n) is 21.2. The second-order valence-corrected chi connectivity index (χ2v) is 9.34. The molecule has 0 bridgehead atoms. The number of benzene rings is 1. The minimum atomic E-state index is -1.21. The fourth-order valence-corrected chi connectivity index (χ4v) is 4.29. The van der Waals surface area contributed by atoms with Crippen molar-refractivity contribution in [2.45, 2.75) is 75.5 Å². The van der Waals surface area contributed by atoms with E-state index in [9.17, 15) is 34.2 Å². The zero-order chi connectivity index (χ0) is 28.2. The summed E-state index contributed by atoms with van der Waals surface area (Å²) in [5, 5.41) is 33.1. The van der Waals surface area contributed by atoms with Crippen LogP contribution >= 0.6 is 0 Å². The molecule has 1 saturated heterocycles. The maximum absolute atomic E-state index is 13.2. The van der Waals surface area contributed by atoms with Gasteiger partial charge in [-0.2, -0.15) is 0 Å². The Morgan fingerprint density at radius 1 is 1.00 bits per heavy atom. The summed E-state index contributed by atoms with van der Waals surface area (Å²) in [5.74, 6) is -4.14. The van der Waals surface area contributed by atoms with Crippen molar-refractivity contribution in [3.8, 4) is 5.75 Å². The summed E-state index contributed by atoms with van der Waals surface area (Å²) in [7, 11) is 0. The lowest BCUT2D eigenvalue weighted by molar-refractivity contribution is -0.143. The Labute approximate surface area is 220 Å². The Morgan fingerprint density at radius 3 is 2.29 bits per heavy atom. The van der Waals surface area contributed by atoms with Crippen molar-refractivity contribution in [3.63, 3.8) is 0 Å². The monoisotopic (exact) mass is 535 g/mol. The Bertz CT molecular complexity index is 986. The highest BCUT2D eigenvalue weighted by Gasteiger charge is 2.38. The molecule has 13 nitrogen and oxygen atoms in total. The highest BCUT2D eigenvalue weighted by molar-refractivity contribution is 5.94. The number of unbranched alkanes of at least 4 members (excludes halogenated alkanes) is 1. The van der Waals surface area contributed by atoms with Crippen LogP contribution in [-0.2, 0) is 30.4 Å². The highest BCUT2D eigenvalue weighted by atomic mass is 16.4. The van der Waals surface area contributed by atoms with Gasteiger partial charge in [-0.25, -0.2) is 4.79 Å². The molecule has 1 fully saturated rings. The maximum Gasteiger partial charge on any atom is 0.326 e. The first-order valence-electron chi connectivity index (χ1n) is 12.6. The molecule has 0 saturated carbocycles. The van der Waals surface area contributed by atoms with Crippen molar-refractivity contribution in [2.24, 2.45) is 11.5 Å². The Kier molecular flexibility index (Phi) is 12.0. The van der Waals surface area contributed by atoms with E-state index < -0.39 is 53.8 Å². The molecule has 3 amide bonds. The van der Waals surface area contributed by atoms with E-state index >= 15 is 0 Å². The number of nitrogens with zero attached hydrogens (tertiary/aromatic N) is 1. The molecule has 9 N–H and O–H groups in total. The molecule has 0 aliphatic carbocycles. The van der Waals surface area contributed by atoms with Crippen molar-refractivity contribution in [1.82, 2.24) is 15.5 Å². The summed E-state index contributed by atoms with van der Waals surface area (Å²) < 4.78 is 0. The molecule has 4 atom stereocenters. The van der Waals surface area contributed by atoms with E-state index in [0.717, 1.165) is 0 Å². The molecule has 13 heteroatoms. The van der Waals surface area contributed by atoms with Crippen molar-refractivity contribution < 1.29 is 39.3 Å². The van der Waals surface area contributed by atoms with Gasteiger partial charge in [0.25, 0.3) is 0 Å². The van der Waals surface area contributed by atoms with E-state index in [1.54, 1.807) is 12.1 Å². The molecular weight excluding hydrogens is 498 g/mol. The van der Waals surface area contributed by atoms with Crippen molar-refractivity contribution >= 4 is 29.7 Å². The van der Waals surface area contributed by atoms with Crippen LogP contribution in [-0.4, -0.2) is 87.1 Å². The second kappa shape index (κ2) is 14.9. The lowest BCUT2D eigenvalue weighted by Crippen LogP contribution is -2.57. The van der Waals surface area contributed by atoms with Gasteiger partial charge in [-0.3, -0.25) is 19.2 Å². The van der Waals surface area contributed by atoms with Crippen LogP contribution in [0, 0.1) is 0 Å². The van der Waals surface area contributed by atoms with Gasteiger partial charge in [-0.1, -0.05) is 12.1 Å². The molecule has 0 radical (unpaired) electrons. The van der Waals surface area contributed by atoms with Gasteiger partial charge in [0.1, 0.15) is 23.9 Å². The second-order valence-electron chi connectivity index (χ2n) is 9.34. The molecule has 1 aliphatic heterocycles. The molecule has 210 valence electrons. The SMILES string of the molecule is NCCCCC(NC(=O)C(Cc1ccc(O)cc1)NC(=O)C1CCCN1C(=O)C(N)CCC(=O)O)C(=O)O. The summed E-state index contributed by atoms with van der Waals surface area (Å²) in [6, 6.07) is 1.67. The normalized spacial score (nSPS) is 17.3. The number of amides is 3. The van der Waals surface area contributed by atoms with Crippen LogP contribution in [0.4, 0.5) is 0 Å².